The molecule has 0 aliphatic heterocycles. The van der Waals surface area contributed by atoms with Gasteiger partial charge in [0, 0.05) is 5.54 Å². The van der Waals surface area contributed by atoms with Crippen molar-refractivity contribution < 1.29 is 0 Å². The molecule has 0 saturated carbocycles. The van der Waals surface area contributed by atoms with Crippen LogP contribution in [-0.2, 0) is 0 Å². The minimum atomic E-state index is 0.138. The van der Waals surface area contributed by atoms with Crippen molar-refractivity contribution >= 4 is 0 Å². The predicted molar refractivity (Wildman–Crippen MR) is 79.3 cm³/mol. The van der Waals surface area contributed by atoms with Gasteiger partial charge in [0.1, 0.15) is 0 Å². The van der Waals surface area contributed by atoms with E-state index in [1.807, 2.05) is 0 Å². The minimum Gasteiger partial charge on any atom is -0.325 e. The van der Waals surface area contributed by atoms with Crippen LogP contribution < -0.4 is 5.73 Å². The molecular weight excluding hydrogens is 206 g/mol. The molecule has 0 fully saturated rings. The Bertz CT molecular complexity index is 156. The van der Waals surface area contributed by atoms with Crippen LogP contribution in [0.25, 0.3) is 0 Å². The maximum Gasteiger partial charge on any atom is 0.0151 e. The molecule has 0 bridgehead atoms. The largest absolute Gasteiger partial charge is 0.325 e. The van der Waals surface area contributed by atoms with Crippen molar-refractivity contribution in [1.82, 2.24) is 0 Å². The highest BCUT2D eigenvalue weighted by Crippen LogP contribution is 2.23. The van der Waals surface area contributed by atoms with Gasteiger partial charge in [-0.1, -0.05) is 78.6 Å². The van der Waals surface area contributed by atoms with Gasteiger partial charge in [0.25, 0.3) is 0 Å². The van der Waals surface area contributed by atoms with Gasteiger partial charge in [-0.3, -0.25) is 0 Å². The first-order valence-electron chi connectivity index (χ1n) is 7.97. The Hall–Kier alpha value is -0.0400. The Morgan fingerprint density at radius 3 is 1.65 bits per heavy atom. The zero-order chi connectivity index (χ0) is 13.0. The topological polar surface area (TPSA) is 26.0 Å². The summed E-state index contributed by atoms with van der Waals surface area (Å²) < 4.78 is 0. The zero-order valence-corrected chi connectivity index (χ0v) is 12.6. The van der Waals surface area contributed by atoms with E-state index in [9.17, 15) is 0 Å². The lowest BCUT2D eigenvalue weighted by Gasteiger charge is -2.28. The van der Waals surface area contributed by atoms with Crippen LogP contribution in [0.5, 0.6) is 0 Å². The van der Waals surface area contributed by atoms with Crippen molar-refractivity contribution in [1.29, 1.82) is 0 Å². The highest BCUT2D eigenvalue weighted by molar-refractivity contribution is 4.82. The molecule has 0 aromatic carbocycles. The lowest BCUT2D eigenvalue weighted by atomic mass is 9.85. The maximum atomic E-state index is 6.45. The molecule has 0 rings (SSSR count). The molecule has 0 radical (unpaired) electrons. The molecule has 1 atom stereocenters. The van der Waals surface area contributed by atoms with Gasteiger partial charge >= 0.3 is 0 Å². The van der Waals surface area contributed by atoms with Crippen molar-refractivity contribution in [3.05, 3.63) is 0 Å². The van der Waals surface area contributed by atoms with Crippen LogP contribution in [0, 0.1) is 0 Å². The van der Waals surface area contributed by atoms with E-state index in [1.54, 1.807) is 0 Å². The van der Waals surface area contributed by atoms with E-state index < -0.39 is 0 Å². The minimum absolute atomic E-state index is 0.138. The molecule has 1 unspecified atom stereocenters. The number of rotatable bonds is 12. The smallest absolute Gasteiger partial charge is 0.0151 e. The number of unbranched alkanes of at least 4 members (excludes halogenated alkanes) is 7. The second-order valence-corrected chi connectivity index (χ2v) is 5.69. The van der Waals surface area contributed by atoms with Gasteiger partial charge < -0.3 is 5.73 Å². The summed E-state index contributed by atoms with van der Waals surface area (Å²) in [6.07, 6.45) is 15.9. The SMILES string of the molecule is CCCCCCCCCC(N)(CC)CCCC. The molecule has 104 valence electrons. The molecular formula is C16H35N. The van der Waals surface area contributed by atoms with Gasteiger partial charge in [-0.05, 0) is 19.3 Å². The van der Waals surface area contributed by atoms with Crippen molar-refractivity contribution in [2.24, 2.45) is 5.73 Å². The quantitative estimate of drug-likeness (QED) is 0.453. The Kier molecular flexibility index (Phi) is 11.0. The second kappa shape index (κ2) is 11.1. The Morgan fingerprint density at radius 2 is 1.12 bits per heavy atom. The van der Waals surface area contributed by atoms with Crippen molar-refractivity contribution in [3.63, 3.8) is 0 Å². The van der Waals surface area contributed by atoms with Crippen LogP contribution in [0.1, 0.15) is 97.8 Å². The number of hydrogen-bond donors (Lipinski definition) is 1. The third kappa shape index (κ3) is 9.64. The summed E-state index contributed by atoms with van der Waals surface area (Å²) in [7, 11) is 0. The van der Waals surface area contributed by atoms with Gasteiger partial charge in [-0.2, -0.15) is 0 Å². The van der Waals surface area contributed by atoms with Crippen LogP contribution >= 0.6 is 0 Å². The van der Waals surface area contributed by atoms with Crippen LogP contribution in [0.3, 0.4) is 0 Å². The summed E-state index contributed by atoms with van der Waals surface area (Å²) in [6, 6.07) is 0. The van der Waals surface area contributed by atoms with Crippen molar-refractivity contribution in [2.45, 2.75) is 103 Å². The van der Waals surface area contributed by atoms with Gasteiger partial charge in [0.15, 0.2) is 0 Å². The average molecular weight is 241 g/mol. The van der Waals surface area contributed by atoms with E-state index >= 15 is 0 Å². The predicted octanol–water partition coefficient (Wildman–Crippen LogP) is 5.42. The van der Waals surface area contributed by atoms with E-state index in [0.717, 1.165) is 6.42 Å². The molecule has 1 nitrogen and oxygen atoms in total. The molecule has 0 spiro atoms. The zero-order valence-electron chi connectivity index (χ0n) is 12.6. The van der Waals surface area contributed by atoms with E-state index in [-0.39, 0.29) is 5.54 Å². The third-order valence-corrected chi connectivity index (χ3v) is 4.01. The van der Waals surface area contributed by atoms with Gasteiger partial charge in [0.2, 0.25) is 0 Å². The first-order valence-corrected chi connectivity index (χ1v) is 7.97. The summed E-state index contributed by atoms with van der Waals surface area (Å²) in [5.74, 6) is 0. The van der Waals surface area contributed by atoms with Crippen molar-refractivity contribution in [3.8, 4) is 0 Å². The van der Waals surface area contributed by atoms with Gasteiger partial charge in [-0.15, -0.1) is 0 Å². The number of nitrogens with two attached hydrogens (primary N) is 1. The average Bonchev–Trinajstić information content (AvgIpc) is 2.35. The first kappa shape index (κ1) is 17.0. The molecule has 0 saturated heterocycles. The first-order chi connectivity index (χ1) is 8.18. The molecule has 1 heteroatoms. The highest BCUT2D eigenvalue weighted by Gasteiger charge is 2.20. The van der Waals surface area contributed by atoms with Gasteiger partial charge in [0.05, 0.1) is 0 Å². The normalized spacial score (nSPS) is 14.8. The molecule has 0 aromatic rings. The molecule has 0 aromatic heterocycles. The Balaban J connectivity index is 3.48. The summed E-state index contributed by atoms with van der Waals surface area (Å²) in [5.41, 5.74) is 6.58. The summed E-state index contributed by atoms with van der Waals surface area (Å²) in [6.45, 7) is 6.78. The molecule has 0 aliphatic rings. The van der Waals surface area contributed by atoms with Crippen LogP contribution in [-0.4, -0.2) is 5.54 Å². The summed E-state index contributed by atoms with van der Waals surface area (Å²) in [4.78, 5) is 0. The van der Waals surface area contributed by atoms with Crippen molar-refractivity contribution in [2.75, 3.05) is 0 Å². The molecule has 17 heavy (non-hydrogen) atoms. The summed E-state index contributed by atoms with van der Waals surface area (Å²) in [5, 5.41) is 0. The fourth-order valence-electron chi connectivity index (χ4n) is 2.44. The fraction of sp³-hybridized carbons (Fsp3) is 1.00. The van der Waals surface area contributed by atoms with E-state index in [4.69, 9.17) is 5.73 Å². The highest BCUT2D eigenvalue weighted by atomic mass is 14.7. The lowest BCUT2D eigenvalue weighted by Crippen LogP contribution is -2.38. The molecule has 0 amide bonds. The van der Waals surface area contributed by atoms with Crippen LogP contribution in [0.4, 0.5) is 0 Å². The Morgan fingerprint density at radius 1 is 0.647 bits per heavy atom. The number of hydrogen-bond acceptors (Lipinski definition) is 1. The second-order valence-electron chi connectivity index (χ2n) is 5.69. The van der Waals surface area contributed by atoms with Crippen LogP contribution in [0.15, 0.2) is 0 Å². The van der Waals surface area contributed by atoms with Crippen LogP contribution in [0.2, 0.25) is 0 Å². The maximum absolute atomic E-state index is 6.45. The fourth-order valence-corrected chi connectivity index (χ4v) is 2.44. The molecule has 2 N–H and O–H groups in total. The van der Waals surface area contributed by atoms with E-state index in [0.29, 0.717) is 0 Å². The summed E-state index contributed by atoms with van der Waals surface area (Å²) >= 11 is 0. The van der Waals surface area contributed by atoms with E-state index in [1.165, 1.54) is 70.6 Å². The molecule has 0 aliphatic carbocycles. The third-order valence-electron chi connectivity index (χ3n) is 4.01. The standard InChI is InChI=1S/C16H35N/c1-4-7-9-10-11-12-13-15-16(17,6-3)14-8-5-2/h4-15,17H2,1-3H3. The Labute approximate surface area is 110 Å². The lowest BCUT2D eigenvalue weighted by molar-refractivity contribution is 0.328. The van der Waals surface area contributed by atoms with E-state index in [2.05, 4.69) is 20.8 Å². The van der Waals surface area contributed by atoms with Gasteiger partial charge in [-0.25, -0.2) is 0 Å². The molecule has 0 heterocycles. The monoisotopic (exact) mass is 241 g/mol.